The molecular formula is C12H20N2. The lowest BCUT2D eigenvalue weighted by Crippen LogP contribution is -2.14. The summed E-state index contributed by atoms with van der Waals surface area (Å²) in [6.07, 6.45) is 4.50. The van der Waals surface area contributed by atoms with Gasteiger partial charge in [0.25, 0.3) is 0 Å². The van der Waals surface area contributed by atoms with Crippen LogP contribution in [0, 0.1) is 5.92 Å². The zero-order valence-electron chi connectivity index (χ0n) is 9.62. The van der Waals surface area contributed by atoms with Crippen LogP contribution in [0.1, 0.15) is 57.6 Å². The van der Waals surface area contributed by atoms with Gasteiger partial charge in [-0.2, -0.15) is 0 Å². The second-order valence-electron chi connectivity index (χ2n) is 4.97. The molecule has 0 bridgehead atoms. The molecule has 0 radical (unpaired) electrons. The SMILES string of the molecule is CC(C)c1cnc2n1C(C(C)C)CC2. The van der Waals surface area contributed by atoms with Crippen molar-refractivity contribution in [2.45, 2.75) is 52.5 Å². The molecule has 0 amide bonds. The number of imidazole rings is 1. The molecule has 1 aromatic rings. The van der Waals surface area contributed by atoms with Crippen LogP contribution >= 0.6 is 0 Å². The highest BCUT2D eigenvalue weighted by molar-refractivity contribution is 5.15. The highest BCUT2D eigenvalue weighted by atomic mass is 15.1. The highest BCUT2D eigenvalue weighted by Crippen LogP contribution is 2.34. The van der Waals surface area contributed by atoms with Gasteiger partial charge in [-0.1, -0.05) is 27.7 Å². The normalized spacial score (nSPS) is 20.9. The summed E-state index contributed by atoms with van der Waals surface area (Å²) >= 11 is 0. The van der Waals surface area contributed by atoms with Crippen LogP contribution in [0.2, 0.25) is 0 Å². The Morgan fingerprint density at radius 2 is 2.07 bits per heavy atom. The van der Waals surface area contributed by atoms with Crippen LogP contribution in [0.4, 0.5) is 0 Å². The first-order chi connectivity index (χ1) is 6.61. The van der Waals surface area contributed by atoms with Gasteiger partial charge in [0.1, 0.15) is 5.82 Å². The van der Waals surface area contributed by atoms with Crippen molar-refractivity contribution >= 4 is 0 Å². The van der Waals surface area contributed by atoms with Crippen LogP contribution in [-0.2, 0) is 6.42 Å². The monoisotopic (exact) mass is 192 g/mol. The Kier molecular flexibility index (Phi) is 2.38. The predicted molar refractivity (Wildman–Crippen MR) is 58.5 cm³/mol. The molecule has 2 nitrogen and oxygen atoms in total. The van der Waals surface area contributed by atoms with E-state index in [2.05, 4.69) is 43.4 Å². The van der Waals surface area contributed by atoms with E-state index in [4.69, 9.17) is 0 Å². The zero-order chi connectivity index (χ0) is 10.3. The smallest absolute Gasteiger partial charge is 0.109 e. The van der Waals surface area contributed by atoms with Gasteiger partial charge in [-0.05, 0) is 18.3 Å². The quantitative estimate of drug-likeness (QED) is 0.704. The Morgan fingerprint density at radius 1 is 1.36 bits per heavy atom. The Hall–Kier alpha value is -0.790. The average Bonchev–Trinajstić information content (AvgIpc) is 2.59. The van der Waals surface area contributed by atoms with Crippen molar-refractivity contribution < 1.29 is 0 Å². The van der Waals surface area contributed by atoms with E-state index in [1.165, 1.54) is 17.9 Å². The van der Waals surface area contributed by atoms with Gasteiger partial charge in [0.2, 0.25) is 0 Å². The topological polar surface area (TPSA) is 17.8 Å². The Balaban J connectivity index is 2.40. The lowest BCUT2D eigenvalue weighted by molar-refractivity contribution is 0.381. The minimum Gasteiger partial charge on any atom is -0.328 e. The first kappa shape index (κ1) is 9.75. The van der Waals surface area contributed by atoms with Gasteiger partial charge in [-0.25, -0.2) is 4.98 Å². The standard InChI is InChI=1S/C12H20N2/c1-8(2)10-5-6-12-13-7-11(9(3)4)14(10)12/h7-10H,5-6H2,1-4H3. The molecule has 1 aliphatic rings. The first-order valence-corrected chi connectivity index (χ1v) is 5.67. The van der Waals surface area contributed by atoms with Crippen LogP contribution < -0.4 is 0 Å². The molecule has 1 unspecified atom stereocenters. The summed E-state index contributed by atoms with van der Waals surface area (Å²) in [6.45, 7) is 9.12. The van der Waals surface area contributed by atoms with Crippen LogP contribution in [0.5, 0.6) is 0 Å². The van der Waals surface area contributed by atoms with E-state index in [0.29, 0.717) is 12.0 Å². The molecule has 0 aromatic carbocycles. The van der Waals surface area contributed by atoms with Crippen LogP contribution in [0.15, 0.2) is 6.20 Å². The van der Waals surface area contributed by atoms with Gasteiger partial charge in [0.05, 0.1) is 0 Å². The van der Waals surface area contributed by atoms with Gasteiger partial charge >= 0.3 is 0 Å². The van der Waals surface area contributed by atoms with E-state index < -0.39 is 0 Å². The molecule has 0 saturated heterocycles. The number of nitrogens with zero attached hydrogens (tertiary/aromatic N) is 2. The fourth-order valence-corrected chi connectivity index (χ4v) is 2.45. The van der Waals surface area contributed by atoms with Gasteiger partial charge < -0.3 is 4.57 Å². The molecule has 1 atom stereocenters. The van der Waals surface area contributed by atoms with Crippen LogP contribution in [0.3, 0.4) is 0 Å². The molecule has 0 N–H and O–H groups in total. The third-order valence-corrected chi connectivity index (χ3v) is 3.26. The van der Waals surface area contributed by atoms with E-state index >= 15 is 0 Å². The lowest BCUT2D eigenvalue weighted by Gasteiger charge is -2.21. The maximum Gasteiger partial charge on any atom is 0.109 e. The maximum atomic E-state index is 4.51. The Labute approximate surface area is 86.3 Å². The van der Waals surface area contributed by atoms with Crippen molar-refractivity contribution in [3.8, 4) is 0 Å². The van der Waals surface area contributed by atoms with Crippen molar-refractivity contribution in [3.05, 3.63) is 17.7 Å². The minimum atomic E-state index is 0.593. The van der Waals surface area contributed by atoms with Crippen molar-refractivity contribution in [2.24, 2.45) is 5.92 Å². The third-order valence-electron chi connectivity index (χ3n) is 3.26. The fourth-order valence-electron chi connectivity index (χ4n) is 2.45. The first-order valence-electron chi connectivity index (χ1n) is 5.67. The molecule has 0 fully saturated rings. The Morgan fingerprint density at radius 3 is 2.64 bits per heavy atom. The lowest BCUT2D eigenvalue weighted by atomic mass is 10.0. The van der Waals surface area contributed by atoms with Gasteiger partial charge in [0.15, 0.2) is 0 Å². The molecule has 78 valence electrons. The number of hydrogen-bond donors (Lipinski definition) is 0. The van der Waals surface area contributed by atoms with Crippen LogP contribution in [-0.4, -0.2) is 9.55 Å². The number of aromatic nitrogens is 2. The van der Waals surface area contributed by atoms with E-state index in [0.717, 1.165) is 12.3 Å². The molecule has 0 aliphatic carbocycles. The zero-order valence-corrected chi connectivity index (χ0v) is 9.62. The molecule has 0 saturated carbocycles. The van der Waals surface area contributed by atoms with Gasteiger partial charge in [-0.15, -0.1) is 0 Å². The molecule has 14 heavy (non-hydrogen) atoms. The number of fused-ring (bicyclic) bond motifs is 1. The predicted octanol–water partition coefficient (Wildman–Crippen LogP) is 3.15. The van der Waals surface area contributed by atoms with Crippen molar-refractivity contribution in [1.29, 1.82) is 0 Å². The molecule has 0 spiro atoms. The molecule has 2 heteroatoms. The minimum absolute atomic E-state index is 0.593. The molecule has 2 heterocycles. The van der Waals surface area contributed by atoms with Gasteiger partial charge in [0, 0.05) is 24.4 Å². The summed E-state index contributed by atoms with van der Waals surface area (Å²) in [4.78, 5) is 4.51. The summed E-state index contributed by atoms with van der Waals surface area (Å²) in [6, 6.07) is 0.685. The summed E-state index contributed by atoms with van der Waals surface area (Å²) in [7, 11) is 0. The summed E-state index contributed by atoms with van der Waals surface area (Å²) in [5.74, 6) is 2.62. The largest absolute Gasteiger partial charge is 0.328 e. The molecule has 1 aliphatic heterocycles. The van der Waals surface area contributed by atoms with E-state index in [-0.39, 0.29) is 0 Å². The third kappa shape index (κ3) is 1.37. The van der Waals surface area contributed by atoms with Crippen molar-refractivity contribution in [3.63, 3.8) is 0 Å². The number of rotatable bonds is 2. The second-order valence-corrected chi connectivity index (χ2v) is 4.97. The number of aryl methyl sites for hydroxylation is 1. The maximum absolute atomic E-state index is 4.51. The van der Waals surface area contributed by atoms with E-state index in [9.17, 15) is 0 Å². The van der Waals surface area contributed by atoms with E-state index in [1.54, 1.807) is 0 Å². The second kappa shape index (κ2) is 3.41. The average molecular weight is 192 g/mol. The van der Waals surface area contributed by atoms with Gasteiger partial charge in [-0.3, -0.25) is 0 Å². The van der Waals surface area contributed by atoms with Crippen molar-refractivity contribution in [1.82, 2.24) is 9.55 Å². The fraction of sp³-hybridized carbons (Fsp3) is 0.750. The van der Waals surface area contributed by atoms with E-state index in [1.807, 2.05) is 0 Å². The van der Waals surface area contributed by atoms with Crippen LogP contribution in [0.25, 0.3) is 0 Å². The molecule has 2 rings (SSSR count). The summed E-state index contributed by atoms with van der Waals surface area (Å²) in [5.41, 5.74) is 1.41. The highest BCUT2D eigenvalue weighted by Gasteiger charge is 2.28. The molecular weight excluding hydrogens is 172 g/mol. The summed E-state index contributed by atoms with van der Waals surface area (Å²) < 4.78 is 2.48. The van der Waals surface area contributed by atoms with Crippen molar-refractivity contribution in [2.75, 3.05) is 0 Å². The summed E-state index contributed by atoms with van der Waals surface area (Å²) in [5, 5.41) is 0. The molecule has 1 aromatic heterocycles. The Bertz CT molecular complexity index is 323. The number of hydrogen-bond acceptors (Lipinski definition) is 1.